The van der Waals surface area contributed by atoms with Crippen LogP contribution in [0.1, 0.15) is 35.1 Å². The lowest BCUT2D eigenvalue weighted by molar-refractivity contribution is -0.140. The lowest BCUT2D eigenvalue weighted by Crippen LogP contribution is -2.44. The van der Waals surface area contributed by atoms with Gasteiger partial charge in [0.2, 0.25) is 5.91 Å². The topological polar surface area (TPSA) is 75.9 Å². The molecule has 0 unspecified atom stereocenters. The van der Waals surface area contributed by atoms with Crippen LogP contribution >= 0.6 is 13.5 Å². The standard InChI is InChI=1S/C22H22F4N6O.H2S/c1-12-20-18(31(3)13(2)21(33)28-20)9-15(27-12)7-8-16-11-32(30-29-16)10-14-5-4-6-17(23)19(14)22(24,25)26;/h4-6,9,11,13H,7-8,10H2,1-3H3,(H,28,33);1H2/t13-;/m0./s1. The second-order valence-corrected chi connectivity index (χ2v) is 8.05. The molecule has 1 aromatic carbocycles. The molecule has 182 valence electrons. The number of amides is 1. The van der Waals surface area contributed by atoms with Crippen molar-refractivity contribution in [2.45, 2.75) is 45.5 Å². The van der Waals surface area contributed by atoms with E-state index >= 15 is 0 Å². The number of nitrogens with zero attached hydrogens (tertiary/aromatic N) is 5. The molecule has 1 aliphatic rings. The van der Waals surface area contributed by atoms with Gasteiger partial charge in [0.15, 0.2) is 0 Å². The Balaban J connectivity index is 0.00000324. The summed E-state index contributed by atoms with van der Waals surface area (Å²) in [5.74, 6) is -1.41. The van der Waals surface area contributed by atoms with Gasteiger partial charge in [-0.05, 0) is 44.4 Å². The predicted molar refractivity (Wildman–Crippen MR) is 124 cm³/mol. The molecule has 1 aliphatic heterocycles. The number of likely N-dealkylation sites (N-methyl/N-ethyl adjacent to an activating group) is 1. The summed E-state index contributed by atoms with van der Waals surface area (Å²) in [5, 5.41) is 10.8. The van der Waals surface area contributed by atoms with Gasteiger partial charge in [-0.1, -0.05) is 17.3 Å². The number of benzene rings is 1. The first-order valence-corrected chi connectivity index (χ1v) is 10.3. The number of pyridine rings is 1. The average Bonchev–Trinajstić information content (AvgIpc) is 3.18. The minimum Gasteiger partial charge on any atom is -0.361 e. The van der Waals surface area contributed by atoms with Gasteiger partial charge < -0.3 is 10.2 Å². The normalized spacial score (nSPS) is 15.6. The number of rotatable bonds is 5. The molecule has 2 aromatic heterocycles. The van der Waals surface area contributed by atoms with E-state index in [1.807, 2.05) is 31.9 Å². The van der Waals surface area contributed by atoms with Crippen LogP contribution in [0.4, 0.5) is 28.9 Å². The summed E-state index contributed by atoms with van der Waals surface area (Å²) in [6, 6.07) is 4.85. The lowest BCUT2D eigenvalue weighted by Gasteiger charge is -2.34. The molecule has 0 saturated carbocycles. The molecule has 0 spiro atoms. The highest BCUT2D eigenvalue weighted by Gasteiger charge is 2.36. The van der Waals surface area contributed by atoms with Crippen LogP contribution in [0.2, 0.25) is 0 Å². The van der Waals surface area contributed by atoms with Crippen LogP contribution in [0.15, 0.2) is 30.5 Å². The Bertz CT molecular complexity index is 1210. The largest absolute Gasteiger partial charge is 0.419 e. The van der Waals surface area contributed by atoms with Crippen LogP contribution in [0.3, 0.4) is 0 Å². The molecule has 0 fully saturated rings. The molecule has 3 aromatic rings. The molecule has 3 heterocycles. The van der Waals surface area contributed by atoms with Crippen LogP contribution < -0.4 is 10.2 Å². The fourth-order valence-electron chi connectivity index (χ4n) is 3.87. The van der Waals surface area contributed by atoms with Crippen molar-refractivity contribution in [2.75, 3.05) is 17.3 Å². The fraction of sp³-hybridized carbons (Fsp3) is 0.364. The Morgan fingerprint density at radius 3 is 2.59 bits per heavy atom. The summed E-state index contributed by atoms with van der Waals surface area (Å²) < 4.78 is 54.7. The van der Waals surface area contributed by atoms with E-state index in [2.05, 4.69) is 20.6 Å². The molecule has 0 bridgehead atoms. The Kier molecular flexibility index (Phi) is 7.20. The van der Waals surface area contributed by atoms with Crippen molar-refractivity contribution in [3.8, 4) is 0 Å². The summed E-state index contributed by atoms with van der Waals surface area (Å²) in [5.41, 5.74) is 2.12. The van der Waals surface area contributed by atoms with Crippen LogP contribution in [0.25, 0.3) is 0 Å². The molecular formula is C22H24F4N6OS. The second-order valence-electron chi connectivity index (χ2n) is 8.05. The smallest absolute Gasteiger partial charge is 0.361 e. The highest BCUT2D eigenvalue weighted by molar-refractivity contribution is 7.59. The van der Waals surface area contributed by atoms with Crippen molar-refractivity contribution in [1.29, 1.82) is 0 Å². The highest BCUT2D eigenvalue weighted by Crippen LogP contribution is 2.35. The van der Waals surface area contributed by atoms with Gasteiger partial charge in [-0.25, -0.2) is 9.07 Å². The van der Waals surface area contributed by atoms with Gasteiger partial charge in [0.05, 0.1) is 34.9 Å². The van der Waals surface area contributed by atoms with Gasteiger partial charge in [-0.2, -0.15) is 26.7 Å². The van der Waals surface area contributed by atoms with Crippen molar-refractivity contribution in [3.63, 3.8) is 0 Å². The summed E-state index contributed by atoms with van der Waals surface area (Å²) >= 11 is 0. The molecule has 1 atom stereocenters. The molecule has 0 aliphatic carbocycles. The molecule has 7 nitrogen and oxygen atoms in total. The Morgan fingerprint density at radius 2 is 1.88 bits per heavy atom. The minimum atomic E-state index is -4.80. The van der Waals surface area contributed by atoms with Gasteiger partial charge in [0, 0.05) is 18.9 Å². The quantitative estimate of drug-likeness (QED) is 0.543. The van der Waals surface area contributed by atoms with Crippen LogP contribution in [0, 0.1) is 12.7 Å². The summed E-state index contributed by atoms with van der Waals surface area (Å²) in [6.07, 6.45) is -2.27. The van der Waals surface area contributed by atoms with E-state index in [9.17, 15) is 22.4 Å². The SMILES string of the molecule is Cc1nc(CCc2cn(Cc3cccc(F)c3C(F)(F)F)nn2)cc2c1NC(=O)[C@H](C)N2C.S. The highest BCUT2D eigenvalue weighted by atomic mass is 32.1. The maximum atomic E-state index is 13.8. The van der Waals surface area contributed by atoms with Gasteiger partial charge in [0.25, 0.3) is 0 Å². The lowest BCUT2D eigenvalue weighted by atomic mass is 10.1. The van der Waals surface area contributed by atoms with E-state index in [1.165, 1.54) is 16.8 Å². The molecule has 4 rings (SSSR count). The third-order valence-electron chi connectivity index (χ3n) is 5.76. The fourth-order valence-corrected chi connectivity index (χ4v) is 3.87. The average molecular weight is 497 g/mol. The summed E-state index contributed by atoms with van der Waals surface area (Å²) in [6.45, 7) is 3.38. The first-order chi connectivity index (χ1) is 15.5. The van der Waals surface area contributed by atoms with Crippen molar-refractivity contribution < 1.29 is 22.4 Å². The van der Waals surface area contributed by atoms with E-state index in [4.69, 9.17) is 0 Å². The Hall–Kier alpha value is -3.15. The molecule has 34 heavy (non-hydrogen) atoms. The van der Waals surface area contributed by atoms with Crippen molar-refractivity contribution in [3.05, 3.63) is 64.5 Å². The van der Waals surface area contributed by atoms with E-state index in [-0.39, 0.29) is 37.6 Å². The number of carbonyl (C=O) groups is 1. The number of halogens is 4. The van der Waals surface area contributed by atoms with Crippen LogP contribution in [0.5, 0.6) is 0 Å². The van der Waals surface area contributed by atoms with Crippen molar-refractivity contribution in [1.82, 2.24) is 20.0 Å². The number of fused-ring (bicyclic) bond motifs is 1. The van der Waals surface area contributed by atoms with E-state index < -0.39 is 17.6 Å². The van der Waals surface area contributed by atoms with Gasteiger partial charge >= 0.3 is 6.18 Å². The zero-order valence-corrected chi connectivity index (χ0v) is 19.7. The third-order valence-corrected chi connectivity index (χ3v) is 5.76. The Morgan fingerprint density at radius 1 is 1.18 bits per heavy atom. The zero-order valence-electron chi connectivity index (χ0n) is 18.7. The van der Waals surface area contributed by atoms with Crippen molar-refractivity contribution in [2.24, 2.45) is 0 Å². The molecule has 1 N–H and O–H groups in total. The minimum absolute atomic E-state index is 0. The number of carbonyl (C=O) groups excluding carboxylic acids is 1. The summed E-state index contributed by atoms with van der Waals surface area (Å²) in [7, 11) is 1.85. The van der Waals surface area contributed by atoms with E-state index in [0.717, 1.165) is 17.4 Å². The molecule has 1 amide bonds. The monoisotopic (exact) mass is 496 g/mol. The first-order valence-electron chi connectivity index (χ1n) is 10.3. The first kappa shape index (κ1) is 25.5. The number of hydrogen-bond acceptors (Lipinski definition) is 5. The number of aryl methyl sites for hydroxylation is 3. The maximum absolute atomic E-state index is 13.8. The molecular weight excluding hydrogens is 472 g/mol. The van der Waals surface area contributed by atoms with Crippen molar-refractivity contribution >= 4 is 30.8 Å². The van der Waals surface area contributed by atoms with E-state index in [0.29, 0.717) is 29.9 Å². The Labute approximate surface area is 200 Å². The van der Waals surface area contributed by atoms with E-state index in [1.54, 1.807) is 6.20 Å². The molecule has 12 heteroatoms. The van der Waals surface area contributed by atoms with Gasteiger partial charge in [-0.15, -0.1) is 5.10 Å². The predicted octanol–water partition coefficient (Wildman–Crippen LogP) is 3.86. The van der Waals surface area contributed by atoms with Gasteiger partial charge in [0.1, 0.15) is 11.9 Å². The van der Waals surface area contributed by atoms with Gasteiger partial charge in [-0.3, -0.25) is 9.78 Å². The van der Waals surface area contributed by atoms with Crippen LogP contribution in [-0.2, 0) is 30.4 Å². The number of aromatic nitrogens is 4. The molecule has 0 radical (unpaired) electrons. The number of hydrogen-bond donors (Lipinski definition) is 1. The zero-order chi connectivity index (χ0) is 23.9. The second kappa shape index (κ2) is 9.61. The number of anilines is 2. The summed E-state index contributed by atoms with van der Waals surface area (Å²) in [4.78, 5) is 18.5. The number of alkyl halides is 3. The van der Waals surface area contributed by atoms with Crippen LogP contribution in [-0.4, -0.2) is 39.0 Å². The number of nitrogens with one attached hydrogen (secondary N) is 1. The maximum Gasteiger partial charge on any atom is 0.419 e. The molecule has 0 saturated heterocycles. The third kappa shape index (κ3) is 5.01.